The van der Waals surface area contributed by atoms with Gasteiger partial charge in [-0.1, -0.05) is 12.1 Å². The molecule has 0 spiro atoms. The van der Waals surface area contributed by atoms with Crippen molar-refractivity contribution in [1.82, 2.24) is 16.0 Å². The Balaban J connectivity index is 1.64. The molecule has 1 saturated carbocycles. The van der Waals surface area contributed by atoms with E-state index in [1.807, 2.05) is 12.1 Å². The number of primary amides is 1. The minimum absolute atomic E-state index is 0.171. The fourth-order valence-corrected chi connectivity index (χ4v) is 2.37. The van der Waals surface area contributed by atoms with Crippen molar-refractivity contribution in [2.24, 2.45) is 16.6 Å². The van der Waals surface area contributed by atoms with E-state index in [0.29, 0.717) is 12.1 Å². The van der Waals surface area contributed by atoms with Crippen molar-refractivity contribution in [3.8, 4) is 0 Å². The van der Waals surface area contributed by atoms with Crippen LogP contribution in [0.5, 0.6) is 0 Å². The molecule has 1 aliphatic carbocycles. The second-order valence-corrected chi connectivity index (χ2v) is 6.57. The highest BCUT2D eigenvalue weighted by Gasteiger charge is 2.20. The molecule has 0 unspecified atom stereocenters. The lowest BCUT2D eigenvalue weighted by atomic mass is 10.1. The lowest BCUT2D eigenvalue weighted by Crippen LogP contribution is -2.37. The monoisotopic (exact) mass is 375 g/mol. The van der Waals surface area contributed by atoms with Crippen molar-refractivity contribution in [2.45, 2.75) is 25.8 Å². The minimum atomic E-state index is -0.572. The number of hydrogen-bond donors (Lipinski definition) is 4. The molecule has 5 N–H and O–H groups in total. The average molecular weight is 375 g/mol. The quantitative estimate of drug-likeness (QED) is 0.253. The Morgan fingerprint density at radius 1 is 1.19 bits per heavy atom. The molecule has 8 nitrogen and oxygen atoms in total. The molecule has 2 amide bonds. The second kappa shape index (κ2) is 11.2. The topological polar surface area (TPSA) is 118 Å². The van der Waals surface area contributed by atoms with Crippen molar-refractivity contribution in [1.29, 1.82) is 0 Å². The Bertz CT molecular complexity index is 641. The van der Waals surface area contributed by atoms with Crippen molar-refractivity contribution < 1.29 is 14.3 Å². The Kier molecular flexibility index (Phi) is 8.57. The van der Waals surface area contributed by atoms with Gasteiger partial charge in [-0.3, -0.25) is 14.6 Å². The maximum atomic E-state index is 11.8. The first kappa shape index (κ1) is 20.7. The van der Waals surface area contributed by atoms with Crippen LogP contribution in [0.3, 0.4) is 0 Å². The first-order valence-corrected chi connectivity index (χ1v) is 9.26. The first-order chi connectivity index (χ1) is 13.1. The molecule has 0 saturated heterocycles. The molecule has 0 aromatic heterocycles. The molecule has 27 heavy (non-hydrogen) atoms. The maximum Gasteiger partial charge on any atom is 0.251 e. The van der Waals surface area contributed by atoms with E-state index < -0.39 is 5.91 Å². The lowest BCUT2D eigenvalue weighted by Gasteiger charge is -2.12. The summed E-state index contributed by atoms with van der Waals surface area (Å²) in [6.07, 6.45) is 3.56. The first-order valence-electron chi connectivity index (χ1n) is 9.26. The van der Waals surface area contributed by atoms with Crippen LogP contribution in [0.25, 0.3) is 0 Å². The summed E-state index contributed by atoms with van der Waals surface area (Å²) in [7, 11) is 1.73. The molecule has 1 aromatic carbocycles. The summed E-state index contributed by atoms with van der Waals surface area (Å²) in [6.45, 7) is 2.86. The maximum absolute atomic E-state index is 11.8. The zero-order valence-electron chi connectivity index (χ0n) is 15.8. The van der Waals surface area contributed by atoms with Gasteiger partial charge < -0.3 is 26.4 Å². The van der Waals surface area contributed by atoms with Crippen LogP contribution in [0.1, 0.15) is 35.2 Å². The summed E-state index contributed by atoms with van der Waals surface area (Å²) < 4.78 is 5.60. The second-order valence-electron chi connectivity index (χ2n) is 6.57. The van der Waals surface area contributed by atoms with Gasteiger partial charge in [0.25, 0.3) is 5.91 Å². The van der Waals surface area contributed by atoms with Crippen molar-refractivity contribution >= 4 is 17.8 Å². The molecule has 8 heteroatoms. The molecular weight excluding hydrogens is 346 g/mol. The number of carbonyl (C=O) groups is 2. The van der Waals surface area contributed by atoms with Crippen LogP contribution in [0.15, 0.2) is 29.3 Å². The number of ether oxygens (including phenoxy) is 1. The van der Waals surface area contributed by atoms with E-state index in [4.69, 9.17) is 10.5 Å². The van der Waals surface area contributed by atoms with E-state index in [9.17, 15) is 9.59 Å². The normalized spacial score (nSPS) is 13.9. The Morgan fingerprint density at radius 3 is 2.56 bits per heavy atom. The summed E-state index contributed by atoms with van der Waals surface area (Å²) in [5.74, 6) is 0.626. The van der Waals surface area contributed by atoms with Gasteiger partial charge in [-0.2, -0.15) is 0 Å². The molecule has 0 bridgehead atoms. The number of rotatable bonds is 11. The van der Waals surface area contributed by atoms with Crippen molar-refractivity contribution in [2.75, 3.05) is 33.4 Å². The third-order valence-electron chi connectivity index (χ3n) is 4.13. The van der Waals surface area contributed by atoms with Gasteiger partial charge in [-0.05, 0) is 42.9 Å². The third kappa shape index (κ3) is 8.54. The average Bonchev–Trinajstić information content (AvgIpc) is 3.49. The van der Waals surface area contributed by atoms with Gasteiger partial charge in [-0.15, -0.1) is 0 Å². The summed E-state index contributed by atoms with van der Waals surface area (Å²) in [4.78, 5) is 26.7. The highest BCUT2D eigenvalue weighted by Crippen LogP contribution is 2.28. The van der Waals surface area contributed by atoms with E-state index in [0.717, 1.165) is 43.6 Å². The van der Waals surface area contributed by atoms with Gasteiger partial charge in [0.2, 0.25) is 5.91 Å². The molecule has 1 fully saturated rings. The number of guanidine groups is 1. The Labute approximate surface area is 159 Å². The van der Waals surface area contributed by atoms with Gasteiger partial charge >= 0.3 is 0 Å². The molecule has 0 radical (unpaired) electrons. The highest BCUT2D eigenvalue weighted by atomic mass is 16.5. The number of benzene rings is 1. The van der Waals surface area contributed by atoms with Gasteiger partial charge in [-0.25, -0.2) is 0 Å². The minimum Gasteiger partial charge on any atom is -0.381 e. The number of nitrogens with two attached hydrogens (primary N) is 1. The number of aliphatic imine (C=N–C) groups is 1. The molecular formula is C19H29N5O3. The third-order valence-corrected chi connectivity index (χ3v) is 4.13. The van der Waals surface area contributed by atoms with Crippen LogP contribution in [0, 0.1) is 5.92 Å². The Morgan fingerprint density at radius 2 is 1.93 bits per heavy atom. The Hall–Kier alpha value is -2.61. The van der Waals surface area contributed by atoms with Crippen LogP contribution < -0.4 is 21.7 Å². The summed E-state index contributed by atoms with van der Waals surface area (Å²) in [5, 5.41) is 8.94. The zero-order valence-corrected chi connectivity index (χ0v) is 15.8. The molecule has 0 aliphatic heterocycles. The van der Waals surface area contributed by atoms with Gasteiger partial charge in [0.1, 0.15) is 0 Å². The largest absolute Gasteiger partial charge is 0.381 e. The number of amides is 2. The molecule has 0 atom stereocenters. The van der Waals surface area contributed by atoms with Crippen LogP contribution in [-0.2, 0) is 16.1 Å². The standard InChI is InChI=1S/C19H29N5O3/c1-21-19(22-9-2-10-27-13-15-3-4-15)24-11-14-5-7-16(8-6-14)18(26)23-12-17(20)25/h5-8,15H,2-4,9-13H2,1H3,(H2,20,25)(H,23,26)(H2,21,22,24). The molecule has 1 aromatic rings. The predicted octanol–water partition coefficient (Wildman–Crippen LogP) is 0.383. The van der Waals surface area contributed by atoms with E-state index in [1.165, 1.54) is 12.8 Å². The van der Waals surface area contributed by atoms with E-state index in [-0.39, 0.29) is 12.5 Å². The SMILES string of the molecule is CN=C(NCCCOCC1CC1)NCc1ccc(C(=O)NCC(N)=O)cc1. The highest BCUT2D eigenvalue weighted by molar-refractivity contribution is 5.96. The van der Waals surface area contributed by atoms with Crippen LogP contribution in [-0.4, -0.2) is 51.1 Å². The molecule has 1 aliphatic rings. The zero-order chi connectivity index (χ0) is 19.5. The summed E-state index contributed by atoms with van der Waals surface area (Å²) in [5.41, 5.74) is 6.50. The lowest BCUT2D eigenvalue weighted by molar-refractivity contribution is -0.117. The van der Waals surface area contributed by atoms with E-state index >= 15 is 0 Å². The predicted molar refractivity (Wildman–Crippen MR) is 104 cm³/mol. The smallest absolute Gasteiger partial charge is 0.251 e. The fourth-order valence-electron chi connectivity index (χ4n) is 2.37. The van der Waals surface area contributed by atoms with Crippen LogP contribution in [0.4, 0.5) is 0 Å². The van der Waals surface area contributed by atoms with Crippen molar-refractivity contribution in [3.63, 3.8) is 0 Å². The summed E-state index contributed by atoms with van der Waals surface area (Å²) >= 11 is 0. The molecule has 2 rings (SSSR count). The molecule has 0 heterocycles. The van der Waals surface area contributed by atoms with E-state index in [2.05, 4.69) is 20.9 Å². The number of nitrogens with one attached hydrogen (secondary N) is 3. The van der Waals surface area contributed by atoms with Crippen LogP contribution >= 0.6 is 0 Å². The number of hydrogen-bond acceptors (Lipinski definition) is 4. The van der Waals surface area contributed by atoms with Gasteiger partial charge in [0, 0.05) is 38.9 Å². The molecule has 148 valence electrons. The van der Waals surface area contributed by atoms with E-state index in [1.54, 1.807) is 19.2 Å². The van der Waals surface area contributed by atoms with Gasteiger partial charge in [0.15, 0.2) is 5.96 Å². The van der Waals surface area contributed by atoms with Crippen LogP contribution in [0.2, 0.25) is 0 Å². The van der Waals surface area contributed by atoms with Crippen molar-refractivity contribution in [3.05, 3.63) is 35.4 Å². The number of carbonyl (C=O) groups excluding carboxylic acids is 2. The fraction of sp³-hybridized carbons (Fsp3) is 0.526. The number of nitrogens with zero attached hydrogens (tertiary/aromatic N) is 1. The van der Waals surface area contributed by atoms with Gasteiger partial charge in [0.05, 0.1) is 6.54 Å². The summed E-state index contributed by atoms with van der Waals surface area (Å²) in [6, 6.07) is 7.12.